The van der Waals surface area contributed by atoms with Crippen LogP contribution in [0.25, 0.3) is 22.5 Å². The number of benzene rings is 2. The number of nitrogens with one attached hydrogen (secondary N) is 1. The topological polar surface area (TPSA) is 111 Å². The average molecular weight is 514 g/mol. The van der Waals surface area contributed by atoms with E-state index in [0.29, 0.717) is 37.0 Å². The van der Waals surface area contributed by atoms with Gasteiger partial charge in [-0.15, -0.1) is 20.0 Å². The zero-order valence-electron chi connectivity index (χ0n) is 22.0. The molecule has 0 saturated heterocycles. The van der Waals surface area contributed by atoms with Crippen molar-refractivity contribution in [1.29, 1.82) is 0 Å². The number of hydrogen-bond acceptors (Lipinski definition) is 6. The Bertz CT molecular complexity index is 1400. The molecule has 1 fully saturated rings. The fourth-order valence-corrected chi connectivity index (χ4v) is 5.38. The van der Waals surface area contributed by atoms with E-state index in [1.807, 2.05) is 48.5 Å². The summed E-state index contributed by atoms with van der Waals surface area (Å²) in [5, 5.41) is 19.0. The summed E-state index contributed by atoms with van der Waals surface area (Å²) in [6, 6.07) is 16.0. The third-order valence-corrected chi connectivity index (χ3v) is 7.49. The molecule has 0 aliphatic heterocycles. The second kappa shape index (κ2) is 12.1. The summed E-state index contributed by atoms with van der Waals surface area (Å²) >= 11 is 0. The summed E-state index contributed by atoms with van der Waals surface area (Å²) in [5.41, 5.74) is 3.55. The van der Waals surface area contributed by atoms with E-state index in [1.54, 1.807) is 4.57 Å². The Kier molecular flexibility index (Phi) is 8.21. The molecule has 0 spiro atoms. The number of unbranched alkanes of at least 4 members (excludes halogenated alkanes) is 2. The second-order valence-electron chi connectivity index (χ2n) is 10.2. The molecule has 4 aromatic rings. The highest BCUT2D eigenvalue weighted by atomic mass is 16.2. The number of nitrogens with zero attached hydrogens (tertiary/aromatic N) is 6. The van der Waals surface area contributed by atoms with Crippen molar-refractivity contribution in [3.05, 3.63) is 70.4 Å². The monoisotopic (exact) mass is 513 g/mol. The SMILES string of the molecule is CCCCCc1nn(C(=O)CC2CCCCC2)c(=O)n1Cc1ccc(-c2ccccc2-c2nn[nH]n2)cc1. The van der Waals surface area contributed by atoms with Crippen LogP contribution in [0.2, 0.25) is 0 Å². The Morgan fingerprint density at radius 1 is 1.00 bits per heavy atom. The molecule has 2 aromatic heterocycles. The van der Waals surface area contributed by atoms with Crippen molar-refractivity contribution in [2.75, 3.05) is 0 Å². The fraction of sp³-hybridized carbons (Fsp3) is 0.448. The zero-order valence-corrected chi connectivity index (χ0v) is 22.0. The second-order valence-corrected chi connectivity index (χ2v) is 10.2. The molecular formula is C29H35N7O2. The van der Waals surface area contributed by atoms with E-state index in [-0.39, 0.29) is 11.6 Å². The van der Waals surface area contributed by atoms with E-state index >= 15 is 0 Å². The lowest BCUT2D eigenvalue weighted by molar-refractivity contribution is 0.0846. The van der Waals surface area contributed by atoms with E-state index in [1.165, 1.54) is 19.3 Å². The molecule has 0 radical (unpaired) electrons. The standard InChI is InChI=1S/C29H35N7O2/c1-2-3-5-14-26-32-36(27(37)19-21-10-6-4-7-11-21)29(38)35(26)20-22-15-17-23(18-16-22)24-12-8-9-13-25(24)28-30-33-34-31-28/h8-9,12-13,15-18,21H,2-7,10-11,14,19-20H2,1H3,(H,30,31,33,34). The number of aromatic amines is 1. The van der Waals surface area contributed by atoms with Crippen molar-refractivity contribution in [2.24, 2.45) is 5.92 Å². The molecule has 198 valence electrons. The van der Waals surface area contributed by atoms with Gasteiger partial charge in [0.25, 0.3) is 5.91 Å². The number of rotatable bonds is 10. The summed E-state index contributed by atoms with van der Waals surface area (Å²) in [4.78, 5) is 26.5. The Morgan fingerprint density at radius 2 is 1.76 bits per heavy atom. The van der Waals surface area contributed by atoms with E-state index in [0.717, 1.165) is 59.0 Å². The molecule has 0 atom stereocenters. The number of carbonyl (C=O) groups is 1. The van der Waals surface area contributed by atoms with Crippen LogP contribution in [0, 0.1) is 5.92 Å². The van der Waals surface area contributed by atoms with Crippen LogP contribution in [0.5, 0.6) is 0 Å². The highest BCUT2D eigenvalue weighted by molar-refractivity contribution is 5.80. The Morgan fingerprint density at radius 3 is 2.47 bits per heavy atom. The van der Waals surface area contributed by atoms with Gasteiger partial charge in [-0.3, -0.25) is 9.36 Å². The number of tetrazole rings is 1. The van der Waals surface area contributed by atoms with Gasteiger partial charge >= 0.3 is 5.69 Å². The van der Waals surface area contributed by atoms with Crippen molar-refractivity contribution in [2.45, 2.75) is 77.7 Å². The maximum Gasteiger partial charge on any atom is 0.353 e. The van der Waals surface area contributed by atoms with Crippen molar-refractivity contribution >= 4 is 5.91 Å². The van der Waals surface area contributed by atoms with Crippen LogP contribution in [0.1, 0.15) is 80.9 Å². The minimum absolute atomic E-state index is 0.175. The number of hydrogen-bond donors (Lipinski definition) is 1. The fourth-order valence-electron chi connectivity index (χ4n) is 5.38. The highest BCUT2D eigenvalue weighted by Gasteiger charge is 2.23. The van der Waals surface area contributed by atoms with Crippen LogP contribution in [0.4, 0.5) is 0 Å². The zero-order chi connectivity index (χ0) is 26.3. The van der Waals surface area contributed by atoms with Gasteiger partial charge in [0.1, 0.15) is 5.82 Å². The quantitative estimate of drug-likeness (QED) is 0.289. The van der Waals surface area contributed by atoms with E-state index in [2.05, 4.69) is 32.6 Å². The minimum Gasteiger partial charge on any atom is -0.274 e. The Labute approximate surface area is 222 Å². The van der Waals surface area contributed by atoms with Gasteiger partial charge in [0, 0.05) is 18.4 Å². The van der Waals surface area contributed by atoms with Crippen molar-refractivity contribution < 1.29 is 4.79 Å². The maximum absolute atomic E-state index is 13.4. The van der Waals surface area contributed by atoms with Crippen molar-refractivity contribution in [3.63, 3.8) is 0 Å². The molecule has 5 rings (SSSR count). The van der Waals surface area contributed by atoms with E-state index < -0.39 is 0 Å². The molecule has 1 aliphatic carbocycles. The smallest absolute Gasteiger partial charge is 0.274 e. The molecule has 9 nitrogen and oxygen atoms in total. The predicted molar refractivity (Wildman–Crippen MR) is 146 cm³/mol. The molecule has 1 saturated carbocycles. The predicted octanol–water partition coefficient (Wildman–Crippen LogP) is 5.28. The maximum atomic E-state index is 13.4. The van der Waals surface area contributed by atoms with Crippen LogP contribution < -0.4 is 5.69 Å². The summed E-state index contributed by atoms with van der Waals surface area (Å²) in [6.07, 6.45) is 9.86. The van der Waals surface area contributed by atoms with Crippen molar-refractivity contribution in [3.8, 4) is 22.5 Å². The van der Waals surface area contributed by atoms with Gasteiger partial charge in [0.2, 0.25) is 5.82 Å². The molecule has 38 heavy (non-hydrogen) atoms. The average Bonchev–Trinajstić information content (AvgIpc) is 3.59. The minimum atomic E-state index is -0.330. The summed E-state index contributed by atoms with van der Waals surface area (Å²) in [7, 11) is 0. The molecule has 0 bridgehead atoms. The molecule has 9 heteroatoms. The third-order valence-electron chi connectivity index (χ3n) is 7.49. The summed E-state index contributed by atoms with van der Waals surface area (Å²) in [5.74, 6) is 1.41. The Balaban J connectivity index is 1.38. The van der Waals surface area contributed by atoms with Gasteiger partial charge in [-0.25, -0.2) is 4.79 Å². The number of aryl methyl sites for hydroxylation is 1. The largest absolute Gasteiger partial charge is 0.353 e. The van der Waals surface area contributed by atoms with Gasteiger partial charge in [-0.2, -0.15) is 5.21 Å². The number of carbonyl (C=O) groups excluding carboxylic acids is 1. The van der Waals surface area contributed by atoms with Crippen LogP contribution >= 0.6 is 0 Å². The summed E-state index contributed by atoms with van der Waals surface area (Å²) in [6.45, 7) is 2.53. The van der Waals surface area contributed by atoms with Crippen LogP contribution in [0.3, 0.4) is 0 Å². The lowest BCUT2D eigenvalue weighted by Crippen LogP contribution is -2.31. The van der Waals surface area contributed by atoms with Gasteiger partial charge < -0.3 is 0 Å². The van der Waals surface area contributed by atoms with Gasteiger partial charge in [-0.05, 0) is 47.1 Å². The lowest BCUT2D eigenvalue weighted by Gasteiger charge is -2.20. The molecule has 2 aromatic carbocycles. The van der Waals surface area contributed by atoms with Gasteiger partial charge in [0.05, 0.1) is 6.54 Å². The first-order valence-corrected chi connectivity index (χ1v) is 13.8. The lowest BCUT2D eigenvalue weighted by atomic mass is 9.87. The van der Waals surface area contributed by atoms with Crippen LogP contribution in [-0.4, -0.2) is 40.9 Å². The first-order chi connectivity index (χ1) is 18.6. The Hall–Kier alpha value is -3.88. The van der Waals surface area contributed by atoms with E-state index in [9.17, 15) is 9.59 Å². The number of aromatic nitrogens is 7. The first-order valence-electron chi connectivity index (χ1n) is 13.8. The highest BCUT2D eigenvalue weighted by Crippen LogP contribution is 2.30. The molecule has 0 amide bonds. The molecular weight excluding hydrogens is 478 g/mol. The number of H-pyrrole nitrogens is 1. The molecule has 1 N–H and O–H groups in total. The van der Waals surface area contributed by atoms with Gasteiger partial charge in [-0.1, -0.05) is 87.6 Å². The normalized spacial score (nSPS) is 14.1. The first kappa shape index (κ1) is 25.8. The van der Waals surface area contributed by atoms with Crippen molar-refractivity contribution in [1.82, 2.24) is 35.0 Å². The summed E-state index contributed by atoms with van der Waals surface area (Å²) < 4.78 is 2.81. The van der Waals surface area contributed by atoms with E-state index in [4.69, 9.17) is 0 Å². The molecule has 1 aliphatic rings. The van der Waals surface area contributed by atoms with Gasteiger partial charge in [0.15, 0.2) is 0 Å². The molecule has 0 unspecified atom stereocenters. The van der Waals surface area contributed by atoms with Crippen LogP contribution in [0.15, 0.2) is 53.3 Å². The third kappa shape index (κ3) is 5.82. The molecule has 2 heterocycles. The van der Waals surface area contributed by atoms with Crippen LogP contribution in [-0.2, 0) is 13.0 Å².